The van der Waals surface area contributed by atoms with Crippen molar-refractivity contribution in [2.45, 2.75) is 113 Å². The molecule has 0 bridgehead atoms. The Labute approximate surface area is 386 Å². The van der Waals surface area contributed by atoms with E-state index < -0.39 is 30.5 Å². The van der Waals surface area contributed by atoms with E-state index in [2.05, 4.69) is 31.0 Å². The minimum atomic E-state index is -0.590. The third-order valence-corrected chi connectivity index (χ3v) is 10.2. The summed E-state index contributed by atoms with van der Waals surface area (Å²) in [5.41, 5.74) is 2.10. The van der Waals surface area contributed by atoms with E-state index in [9.17, 15) is 19.2 Å². The van der Waals surface area contributed by atoms with Gasteiger partial charge in [0.1, 0.15) is 22.6 Å². The first-order valence-electron chi connectivity index (χ1n) is 20.1. The van der Waals surface area contributed by atoms with Crippen LogP contribution in [0, 0.1) is 6.92 Å². The number of ether oxygens (including phenoxy) is 3. The Morgan fingerprint density at radius 1 is 0.677 bits per heavy atom. The van der Waals surface area contributed by atoms with Crippen LogP contribution in [0.15, 0.2) is 94.5 Å². The molecule has 7 rings (SSSR count). The highest BCUT2D eigenvalue weighted by Gasteiger charge is 2.52. The number of hydrogen-bond donors (Lipinski definition) is 4. The zero-order valence-corrected chi connectivity index (χ0v) is 38.4. The van der Waals surface area contributed by atoms with Gasteiger partial charge in [-0.2, -0.15) is 10.2 Å². The summed E-state index contributed by atoms with van der Waals surface area (Å²) in [5, 5.41) is 20.9. The molecule has 0 radical (unpaired) electrons. The van der Waals surface area contributed by atoms with Crippen molar-refractivity contribution in [3.05, 3.63) is 116 Å². The standard InChI is InChI=1S/C20H21N3O4.C18H28BNO4.C8H5ClN2O.2CH4/c1-20(2,3)27-19(25)21-12-9-10-15(16(11-12)26-4)17-13-7-5-6-8-14(13)18(24)23-22-17;1-12-11-13(20-15(21)22-16(2,3)4)9-10-14(12)19-23-17(5,6)18(7,8)24-19;9-7-5-3-1-2-4-6(5)8(12)11-10-7;;/h5-11H,1-4H3,(H,21,25)(H,23,24);9-11H,1-8H3,(H,20,21);1-4H,(H,11,12);2*1H4. The van der Waals surface area contributed by atoms with E-state index >= 15 is 0 Å². The number of carbonyl (C=O) groups excluding carboxylic acids is 2. The van der Waals surface area contributed by atoms with Crippen LogP contribution in [0.5, 0.6) is 5.75 Å². The first-order valence-corrected chi connectivity index (χ1v) is 20.5. The van der Waals surface area contributed by atoms with Crippen LogP contribution in [-0.4, -0.2) is 69.2 Å². The number of halogens is 1. The van der Waals surface area contributed by atoms with Crippen LogP contribution in [0.1, 0.15) is 89.7 Å². The molecule has 0 spiro atoms. The van der Waals surface area contributed by atoms with Gasteiger partial charge in [-0.25, -0.2) is 19.8 Å². The quantitative estimate of drug-likeness (QED) is 0.120. The molecule has 0 aliphatic carbocycles. The lowest BCUT2D eigenvalue weighted by atomic mass is 9.76. The van der Waals surface area contributed by atoms with Crippen molar-refractivity contribution in [2.75, 3.05) is 17.7 Å². The monoisotopic (exact) mass is 912 g/mol. The molecule has 4 N–H and O–H groups in total. The molecule has 2 aromatic heterocycles. The largest absolute Gasteiger partial charge is 0.496 e. The van der Waals surface area contributed by atoms with Crippen molar-refractivity contribution in [3.8, 4) is 17.0 Å². The first-order chi connectivity index (χ1) is 29.4. The summed E-state index contributed by atoms with van der Waals surface area (Å²) in [6, 6.07) is 25.1. The summed E-state index contributed by atoms with van der Waals surface area (Å²) in [5.74, 6) is 0.508. The van der Waals surface area contributed by atoms with Gasteiger partial charge in [0.25, 0.3) is 11.1 Å². The number of benzene rings is 4. The van der Waals surface area contributed by atoms with E-state index in [0.717, 1.165) is 11.0 Å². The second-order valence-electron chi connectivity index (χ2n) is 17.7. The molecule has 348 valence electrons. The molecule has 0 saturated carbocycles. The zero-order valence-electron chi connectivity index (χ0n) is 37.6. The molecule has 1 saturated heterocycles. The molecule has 1 fully saturated rings. The van der Waals surface area contributed by atoms with Crippen LogP contribution >= 0.6 is 11.6 Å². The van der Waals surface area contributed by atoms with Crippen molar-refractivity contribution in [1.82, 2.24) is 20.4 Å². The van der Waals surface area contributed by atoms with E-state index in [1.165, 1.54) is 7.11 Å². The van der Waals surface area contributed by atoms with Crippen molar-refractivity contribution < 1.29 is 33.1 Å². The average molecular weight is 913 g/mol. The fraction of sp³-hybridized carbons (Fsp3) is 0.375. The van der Waals surface area contributed by atoms with Crippen molar-refractivity contribution in [1.29, 1.82) is 0 Å². The van der Waals surface area contributed by atoms with E-state index in [4.69, 9.17) is 35.1 Å². The molecule has 3 heterocycles. The summed E-state index contributed by atoms with van der Waals surface area (Å²) in [6.07, 6.45) is -1.02. The Hall–Kier alpha value is -6.23. The molecule has 15 nitrogen and oxygen atoms in total. The van der Waals surface area contributed by atoms with Gasteiger partial charge in [-0.05, 0) is 124 Å². The minimum absolute atomic E-state index is 0. The summed E-state index contributed by atoms with van der Waals surface area (Å²) in [6.45, 7) is 21.0. The maximum Gasteiger partial charge on any atom is 0.495 e. The van der Waals surface area contributed by atoms with Crippen LogP contribution in [0.25, 0.3) is 32.8 Å². The molecular formula is C48H62BClN6O9. The Kier molecular flexibility index (Phi) is 17.3. The molecule has 0 unspecified atom stereocenters. The fourth-order valence-corrected chi connectivity index (χ4v) is 6.40. The maximum atomic E-state index is 12.0. The number of hydrogen-bond acceptors (Lipinski definition) is 11. The topological polar surface area (TPSA) is 196 Å². The lowest BCUT2D eigenvalue weighted by Crippen LogP contribution is -2.41. The predicted molar refractivity (Wildman–Crippen MR) is 262 cm³/mol. The Bertz CT molecular complexity index is 2730. The van der Waals surface area contributed by atoms with Crippen molar-refractivity contribution in [2.24, 2.45) is 0 Å². The molecule has 1 aliphatic heterocycles. The van der Waals surface area contributed by atoms with Crippen molar-refractivity contribution in [3.63, 3.8) is 0 Å². The lowest BCUT2D eigenvalue weighted by Gasteiger charge is -2.32. The number of carbonyl (C=O) groups is 2. The molecule has 6 aromatic rings. The summed E-state index contributed by atoms with van der Waals surface area (Å²) in [4.78, 5) is 47.0. The Balaban J connectivity index is 0.000000271. The predicted octanol–water partition coefficient (Wildman–Crippen LogP) is 10.4. The van der Waals surface area contributed by atoms with Crippen molar-refractivity contribution >= 4 is 69.3 Å². The minimum Gasteiger partial charge on any atom is -0.496 e. The van der Waals surface area contributed by atoms with Gasteiger partial charge < -0.3 is 23.5 Å². The molecule has 17 heteroatoms. The second-order valence-corrected chi connectivity index (χ2v) is 18.0. The smallest absolute Gasteiger partial charge is 0.495 e. The number of anilines is 2. The van der Waals surface area contributed by atoms with Gasteiger partial charge in [-0.1, -0.05) is 68.9 Å². The Morgan fingerprint density at radius 3 is 1.60 bits per heavy atom. The van der Waals surface area contributed by atoms with Gasteiger partial charge in [0, 0.05) is 33.8 Å². The van der Waals surface area contributed by atoms with Gasteiger partial charge in [0.05, 0.1) is 29.1 Å². The number of rotatable bonds is 5. The summed E-state index contributed by atoms with van der Waals surface area (Å²) in [7, 11) is 1.12. The van der Waals surface area contributed by atoms with Crippen LogP contribution < -0.4 is 32.0 Å². The van der Waals surface area contributed by atoms with Crippen LogP contribution in [0.4, 0.5) is 21.0 Å². The maximum absolute atomic E-state index is 12.0. The van der Waals surface area contributed by atoms with Gasteiger partial charge in [-0.3, -0.25) is 20.2 Å². The third kappa shape index (κ3) is 13.6. The number of fused-ring (bicyclic) bond motifs is 2. The molecule has 1 aliphatic rings. The fourth-order valence-electron chi connectivity index (χ4n) is 6.20. The number of nitrogens with one attached hydrogen (secondary N) is 4. The average Bonchev–Trinajstić information content (AvgIpc) is 3.41. The number of amides is 2. The van der Waals surface area contributed by atoms with Gasteiger partial charge >= 0.3 is 19.3 Å². The van der Waals surface area contributed by atoms with Crippen LogP contribution in [0.3, 0.4) is 0 Å². The third-order valence-electron chi connectivity index (χ3n) is 9.87. The van der Waals surface area contributed by atoms with E-state index in [1.54, 1.807) is 69.3 Å². The summed E-state index contributed by atoms with van der Waals surface area (Å²) >= 11 is 5.75. The molecule has 4 aromatic carbocycles. The van der Waals surface area contributed by atoms with Crippen LogP contribution in [0.2, 0.25) is 5.15 Å². The first kappa shape index (κ1) is 53.1. The number of nitrogens with zero attached hydrogens (tertiary/aromatic N) is 2. The normalized spacial score (nSPS) is 13.7. The van der Waals surface area contributed by atoms with E-state index in [-0.39, 0.29) is 37.2 Å². The second kappa shape index (κ2) is 21.2. The number of methoxy groups -OCH3 is 1. The Morgan fingerprint density at radius 2 is 1.12 bits per heavy atom. The highest BCUT2D eigenvalue weighted by atomic mass is 35.5. The summed E-state index contributed by atoms with van der Waals surface area (Å²) < 4.78 is 28.2. The number of H-pyrrole nitrogens is 2. The molecular weight excluding hydrogens is 851 g/mol. The highest BCUT2D eigenvalue weighted by molar-refractivity contribution is 6.62. The lowest BCUT2D eigenvalue weighted by molar-refractivity contribution is 0.00578. The molecule has 65 heavy (non-hydrogen) atoms. The van der Waals surface area contributed by atoms with E-state index in [1.807, 2.05) is 91.8 Å². The van der Waals surface area contributed by atoms with Gasteiger partial charge in [-0.15, -0.1) is 0 Å². The number of aromatic amines is 2. The van der Waals surface area contributed by atoms with Crippen LogP contribution in [-0.2, 0) is 18.8 Å². The van der Waals surface area contributed by atoms with E-state index in [0.29, 0.717) is 55.1 Å². The highest BCUT2D eigenvalue weighted by Crippen LogP contribution is 2.37. The van der Waals surface area contributed by atoms with Gasteiger partial charge in [0.15, 0.2) is 5.15 Å². The zero-order chi connectivity index (χ0) is 46.5. The number of aromatic nitrogens is 4. The molecule has 0 atom stereocenters. The molecule has 2 amide bonds. The number of aryl methyl sites for hydroxylation is 1. The SMILES string of the molecule is C.C.COc1cc(NC(=O)OC(C)(C)C)ccc1-c1n[nH]c(=O)c2ccccc12.Cc1cc(NC(=O)OC(C)(C)C)ccc1B1OC(C)(C)C(C)(C)O1.O=c1[nH]nc(Cl)c2ccccc12. The van der Waals surface area contributed by atoms with Gasteiger partial charge in [0.2, 0.25) is 0 Å².